The van der Waals surface area contributed by atoms with Gasteiger partial charge in [-0.3, -0.25) is 9.78 Å². The molecule has 1 amide bonds. The number of nitrogens with zero attached hydrogens (tertiary/aromatic N) is 5. The first kappa shape index (κ1) is 21.2. The molecule has 1 aliphatic carbocycles. The first-order valence-electron chi connectivity index (χ1n) is 11.2. The molecule has 31 heavy (non-hydrogen) atoms. The van der Waals surface area contributed by atoms with Crippen LogP contribution in [0.3, 0.4) is 0 Å². The molecule has 0 spiro atoms. The summed E-state index contributed by atoms with van der Waals surface area (Å²) in [6.45, 7) is 4.90. The maximum absolute atomic E-state index is 12.6. The van der Waals surface area contributed by atoms with E-state index in [4.69, 9.17) is 10.1 Å². The van der Waals surface area contributed by atoms with Crippen LogP contribution in [0.5, 0.6) is 0 Å². The maximum Gasteiger partial charge on any atom is 0.253 e. The summed E-state index contributed by atoms with van der Waals surface area (Å²) in [5, 5.41) is 4.96. The number of aromatic nitrogens is 4. The molecule has 1 aliphatic rings. The quantitative estimate of drug-likeness (QED) is 0.562. The van der Waals surface area contributed by atoms with E-state index in [0.717, 1.165) is 30.2 Å². The average Bonchev–Trinajstić information content (AvgIpc) is 3.45. The Morgan fingerprint density at radius 1 is 1.13 bits per heavy atom. The van der Waals surface area contributed by atoms with Gasteiger partial charge < -0.3 is 4.90 Å². The maximum atomic E-state index is 12.6. The van der Waals surface area contributed by atoms with Gasteiger partial charge in [0.2, 0.25) is 0 Å². The molecule has 0 unspecified atom stereocenters. The molecule has 4 rings (SSSR count). The molecule has 0 bridgehead atoms. The number of hydrogen-bond acceptors (Lipinski definition) is 4. The van der Waals surface area contributed by atoms with E-state index >= 15 is 0 Å². The number of aryl methyl sites for hydroxylation is 3. The smallest absolute Gasteiger partial charge is 0.253 e. The second-order valence-corrected chi connectivity index (χ2v) is 8.64. The standard InChI is InChI=1S/C25H31N5O/c1-18-10-11-19(2)22(17-18)30-23(27-24(28-30)20-7-4-5-8-20)9-6-16-29(3)25(31)21-12-14-26-15-13-21/h10-15,17,20H,4-9,16H2,1-3H3. The minimum atomic E-state index is 0.0186. The third-order valence-corrected chi connectivity index (χ3v) is 6.17. The van der Waals surface area contributed by atoms with Crippen molar-refractivity contribution in [2.75, 3.05) is 13.6 Å². The van der Waals surface area contributed by atoms with Crippen LogP contribution in [0.1, 0.15) is 71.2 Å². The zero-order chi connectivity index (χ0) is 21.8. The Morgan fingerprint density at radius 2 is 1.87 bits per heavy atom. The van der Waals surface area contributed by atoms with E-state index in [-0.39, 0.29) is 5.91 Å². The van der Waals surface area contributed by atoms with E-state index in [1.165, 1.54) is 36.8 Å². The molecule has 0 N–H and O–H groups in total. The fourth-order valence-electron chi connectivity index (χ4n) is 4.31. The lowest BCUT2D eigenvalue weighted by Gasteiger charge is -2.17. The van der Waals surface area contributed by atoms with E-state index in [2.05, 4.69) is 37.0 Å². The molecule has 1 saturated carbocycles. The molecule has 6 heteroatoms. The van der Waals surface area contributed by atoms with Gasteiger partial charge in [-0.1, -0.05) is 25.0 Å². The van der Waals surface area contributed by atoms with E-state index in [9.17, 15) is 4.79 Å². The van der Waals surface area contributed by atoms with Crippen LogP contribution in [0.4, 0.5) is 0 Å². The molecule has 0 aliphatic heterocycles. The van der Waals surface area contributed by atoms with Crippen molar-refractivity contribution in [3.8, 4) is 5.69 Å². The summed E-state index contributed by atoms with van der Waals surface area (Å²) in [7, 11) is 1.85. The van der Waals surface area contributed by atoms with Crippen molar-refractivity contribution >= 4 is 5.91 Å². The fourth-order valence-corrected chi connectivity index (χ4v) is 4.31. The number of carbonyl (C=O) groups excluding carboxylic acids is 1. The van der Waals surface area contributed by atoms with Gasteiger partial charge in [0.05, 0.1) is 5.69 Å². The number of amides is 1. The zero-order valence-corrected chi connectivity index (χ0v) is 18.7. The lowest BCUT2D eigenvalue weighted by molar-refractivity contribution is 0.0793. The first-order chi connectivity index (χ1) is 15.0. The number of pyridine rings is 1. The molecule has 2 aromatic heterocycles. The summed E-state index contributed by atoms with van der Waals surface area (Å²) in [6, 6.07) is 9.97. The van der Waals surface area contributed by atoms with Crippen molar-refractivity contribution in [1.29, 1.82) is 0 Å². The van der Waals surface area contributed by atoms with Crippen LogP contribution in [-0.4, -0.2) is 44.1 Å². The van der Waals surface area contributed by atoms with Crippen LogP contribution in [-0.2, 0) is 6.42 Å². The summed E-state index contributed by atoms with van der Waals surface area (Å²) in [4.78, 5) is 23.3. The van der Waals surface area contributed by atoms with Crippen molar-refractivity contribution in [2.45, 2.75) is 58.3 Å². The minimum Gasteiger partial charge on any atom is -0.342 e. The van der Waals surface area contributed by atoms with Gasteiger partial charge >= 0.3 is 0 Å². The Kier molecular flexibility index (Phi) is 6.44. The van der Waals surface area contributed by atoms with Crippen LogP contribution >= 0.6 is 0 Å². The number of carbonyl (C=O) groups is 1. The van der Waals surface area contributed by atoms with Crippen LogP contribution in [0.2, 0.25) is 0 Å². The highest BCUT2D eigenvalue weighted by Crippen LogP contribution is 2.33. The second-order valence-electron chi connectivity index (χ2n) is 8.64. The van der Waals surface area contributed by atoms with E-state index in [1.807, 2.05) is 11.7 Å². The fraction of sp³-hybridized carbons (Fsp3) is 0.440. The summed E-state index contributed by atoms with van der Waals surface area (Å²) in [6.07, 6.45) is 9.80. The molecule has 162 valence electrons. The molecule has 3 aromatic rings. The van der Waals surface area contributed by atoms with Gasteiger partial charge in [-0.15, -0.1) is 0 Å². The molecule has 6 nitrogen and oxygen atoms in total. The Balaban J connectivity index is 1.51. The molecule has 0 radical (unpaired) electrons. The van der Waals surface area contributed by atoms with Crippen LogP contribution in [0.25, 0.3) is 5.69 Å². The Morgan fingerprint density at radius 3 is 2.61 bits per heavy atom. The molecular formula is C25H31N5O. The van der Waals surface area contributed by atoms with Crippen molar-refractivity contribution < 1.29 is 4.79 Å². The largest absolute Gasteiger partial charge is 0.342 e. The SMILES string of the molecule is Cc1ccc(C)c(-n2nc(C3CCCC3)nc2CCCN(C)C(=O)c2ccncc2)c1. The molecule has 1 fully saturated rings. The highest BCUT2D eigenvalue weighted by atomic mass is 16.2. The third kappa shape index (κ3) is 4.84. The van der Waals surface area contributed by atoms with Crippen LogP contribution < -0.4 is 0 Å². The van der Waals surface area contributed by atoms with E-state index in [1.54, 1.807) is 29.4 Å². The monoisotopic (exact) mass is 417 g/mol. The summed E-state index contributed by atoms with van der Waals surface area (Å²) in [5.41, 5.74) is 4.18. The topological polar surface area (TPSA) is 63.9 Å². The lowest BCUT2D eigenvalue weighted by atomic mass is 10.1. The predicted molar refractivity (Wildman–Crippen MR) is 122 cm³/mol. The van der Waals surface area contributed by atoms with Crippen molar-refractivity contribution in [1.82, 2.24) is 24.6 Å². The van der Waals surface area contributed by atoms with Gasteiger partial charge in [-0.05, 0) is 62.4 Å². The summed E-state index contributed by atoms with van der Waals surface area (Å²) < 4.78 is 2.04. The lowest BCUT2D eigenvalue weighted by Crippen LogP contribution is -2.28. The summed E-state index contributed by atoms with van der Waals surface area (Å²) >= 11 is 0. The molecule has 0 saturated heterocycles. The normalized spacial score (nSPS) is 14.2. The Bertz CT molecular complexity index is 1040. The first-order valence-corrected chi connectivity index (χ1v) is 11.2. The molecule has 0 atom stereocenters. The van der Waals surface area contributed by atoms with Crippen LogP contribution in [0.15, 0.2) is 42.7 Å². The highest BCUT2D eigenvalue weighted by Gasteiger charge is 2.24. The Hall–Kier alpha value is -3.02. The highest BCUT2D eigenvalue weighted by molar-refractivity contribution is 5.93. The predicted octanol–water partition coefficient (Wildman–Crippen LogP) is 4.64. The molecular weight excluding hydrogens is 386 g/mol. The van der Waals surface area contributed by atoms with Crippen molar-refractivity contribution in [3.05, 3.63) is 71.1 Å². The molecule has 1 aromatic carbocycles. The van der Waals surface area contributed by atoms with Gasteiger partial charge in [0.25, 0.3) is 5.91 Å². The third-order valence-electron chi connectivity index (χ3n) is 6.17. The number of hydrogen-bond donors (Lipinski definition) is 0. The number of rotatable bonds is 7. The van der Waals surface area contributed by atoms with Crippen molar-refractivity contribution in [3.63, 3.8) is 0 Å². The second kappa shape index (κ2) is 9.41. The zero-order valence-electron chi connectivity index (χ0n) is 18.7. The van der Waals surface area contributed by atoms with Gasteiger partial charge in [-0.25, -0.2) is 9.67 Å². The van der Waals surface area contributed by atoms with E-state index in [0.29, 0.717) is 18.0 Å². The van der Waals surface area contributed by atoms with Crippen molar-refractivity contribution in [2.24, 2.45) is 0 Å². The van der Waals surface area contributed by atoms with Gasteiger partial charge in [0.15, 0.2) is 5.82 Å². The van der Waals surface area contributed by atoms with Gasteiger partial charge in [0.1, 0.15) is 5.82 Å². The van der Waals surface area contributed by atoms with Crippen LogP contribution in [0, 0.1) is 13.8 Å². The average molecular weight is 418 g/mol. The number of benzene rings is 1. The Labute approximate surface area is 184 Å². The minimum absolute atomic E-state index is 0.0186. The van der Waals surface area contributed by atoms with Gasteiger partial charge in [-0.2, -0.15) is 5.10 Å². The van der Waals surface area contributed by atoms with Gasteiger partial charge in [0, 0.05) is 43.9 Å². The summed E-state index contributed by atoms with van der Waals surface area (Å²) in [5.74, 6) is 2.46. The molecule has 2 heterocycles. The van der Waals surface area contributed by atoms with E-state index < -0.39 is 0 Å².